The van der Waals surface area contributed by atoms with Gasteiger partial charge in [0.2, 0.25) is 0 Å². The van der Waals surface area contributed by atoms with Gasteiger partial charge in [0, 0.05) is 6.04 Å². The molecule has 20 heavy (non-hydrogen) atoms. The van der Waals surface area contributed by atoms with Crippen molar-refractivity contribution in [3.05, 3.63) is 58.7 Å². The lowest BCUT2D eigenvalue weighted by molar-refractivity contribution is 0.549. The number of fused-ring (bicyclic) bond motifs is 1. The third-order valence-corrected chi connectivity index (χ3v) is 4.51. The molecule has 1 heteroatoms. The molecule has 1 nitrogen and oxygen atoms in total. The predicted molar refractivity (Wildman–Crippen MR) is 86.1 cm³/mol. The Labute approximate surface area is 122 Å². The summed E-state index contributed by atoms with van der Waals surface area (Å²) in [5, 5.41) is 3.58. The lowest BCUT2D eigenvalue weighted by atomic mass is 9.97. The highest BCUT2D eigenvalue weighted by Gasteiger charge is 2.21. The van der Waals surface area contributed by atoms with Crippen LogP contribution in [-0.4, -0.2) is 6.54 Å². The van der Waals surface area contributed by atoms with Crippen LogP contribution in [0.15, 0.2) is 36.4 Å². The van der Waals surface area contributed by atoms with Gasteiger partial charge in [0.05, 0.1) is 0 Å². The maximum atomic E-state index is 3.58. The number of rotatable bonds is 3. The van der Waals surface area contributed by atoms with Crippen molar-refractivity contribution in [1.82, 2.24) is 5.32 Å². The summed E-state index contributed by atoms with van der Waals surface area (Å²) < 4.78 is 0. The second kappa shape index (κ2) is 5.41. The lowest BCUT2D eigenvalue weighted by Gasteiger charge is -2.13. The summed E-state index contributed by atoms with van der Waals surface area (Å²) in [6.07, 6.45) is 2.44. The van der Waals surface area contributed by atoms with E-state index in [4.69, 9.17) is 0 Å². The van der Waals surface area contributed by atoms with E-state index in [2.05, 4.69) is 62.5 Å². The molecule has 1 unspecified atom stereocenters. The van der Waals surface area contributed by atoms with Gasteiger partial charge < -0.3 is 5.32 Å². The first-order valence-electron chi connectivity index (χ1n) is 7.63. The minimum atomic E-state index is 0.559. The maximum Gasteiger partial charge on any atom is 0.0326 e. The molecule has 2 aromatic carbocycles. The largest absolute Gasteiger partial charge is 0.310 e. The molecule has 0 saturated heterocycles. The van der Waals surface area contributed by atoms with Crippen molar-refractivity contribution in [2.75, 3.05) is 6.54 Å². The summed E-state index contributed by atoms with van der Waals surface area (Å²) in [6, 6.07) is 14.3. The highest BCUT2D eigenvalue weighted by molar-refractivity contribution is 5.66. The van der Waals surface area contributed by atoms with Crippen LogP contribution >= 0.6 is 0 Å². The molecule has 1 N–H and O–H groups in total. The number of nitrogens with one attached hydrogen (secondary N) is 1. The van der Waals surface area contributed by atoms with E-state index in [1.165, 1.54) is 46.2 Å². The zero-order valence-electron chi connectivity index (χ0n) is 12.7. The Morgan fingerprint density at radius 1 is 1.00 bits per heavy atom. The molecule has 0 amide bonds. The van der Waals surface area contributed by atoms with Gasteiger partial charge >= 0.3 is 0 Å². The van der Waals surface area contributed by atoms with Crippen LogP contribution in [0.4, 0.5) is 0 Å². The van der Waals surface area contributed by atoms with E-state index >= 15 is 0 Å². The summed E-state index contributed by atoms with van der Waals surface area (Å²) in [5.41, 5.74) is 8.44. The van der Waals surface area contributed by atoms with Crippen LogP contribution in [0, 0.1) is 13.8 Å². The van der Waals surface area contributed by atoms with E-state index in [0.29, 0.717) is 6.04 Å². The SMILES string of the molecule is CCNC1CCc2cc(-c3ccc(C)c(C)c3)ccc21. The molecule has 0 saturated carbocycles. The smallest absolute Gasteiger partial charge is 0.0326 e. The van der Waals surface area contributed by atoms with Crippen molar-refractivity contribution in [2.24, 2.45) is 0 Å². The van der Waals surface area contributed by atoms with Crippen LogP contribution in [-0.2, 0) is 6.42 Å². The van der Waals surface area contributed by atoms with Crippen molar-refractivity contribution in [2.45, 2.75) is 39.7 Å². The lowest BCUT2D eigenvalue weighted by Crippen LogP contribution is -2.18. The Balaban J connectivity index is 1.95. The normalized spacial score (nSPS) is 17.2. The first kappa shape index (κ1) is 13.4. The highest BCUT2D eigenvalue weighted by Crippen LogP contribution is 2.34. The quantitative estimate of drug-likeness (QED) is 0.857. The molecule has 1 aliphatic carbocycles. The standard InChI is InChI=1S/C19H23N/c1-4-20-19-10-8-17-12-16(7-9-18(17)19)15-6-5-13(2)14(3)11-15/h5-7,9,11-12,19-20H,4,8,10H2,1-3H3. The van der Waals surface area contributed by atoms with E-state index in [1.807, 2.05) is 0 Å². The molecular weight excluding hydrogens is 242 g/mol. The van der Waals surface area contributed by atoms with Crippen molar-refractivity contribution >= 4 is 0 Å². The number of benzene rings is 2. The molecule has 3 rings (SSSR count). The minimum Gasteiger partial charge on any atom is -0.310 e. The first-order chi connectivity index (χ1) is 9.69. The minimum absolute atomic E-state index is 0.559. The van der Waals surface area contributed by atoms with Gasteiger partial charge in [0.1, 0.15) is 0 Å². The fraction of sp³-hybridized carbons (Fsp3) is 0.368. The molecule has 0 radical (unpaired) electrons. The van der Waals surface area contributed by atoms with Gasteiger partial charge in [-0.1, -0.05) is 43.3 Å². The third-order valence-electron chi connectivity index (χ3n) is 4.51. The molecule has 0 aromatic heterocycles. The number of hydrogen-bond donors (Lipinski definition) is 1. The molecule has 0 aliphatic heterocycles. The zero-order chi connectivity index (χ0) is 14.1. The summed E-state index contributed by atoms with van der Waals surface area (Å²) in [5.74, 6) is 0. The van der Waals surface area contributed by atoms with E-state index in [9.17, 15) is 0 Å². The molecule has 2 aromatic rings. The van der Waals surface area contributed by atoms with Crippen LogP contribution < -0.4 is 5.32 Å². The first-order valence-corrected chi connectivity index (χ1v) is 7.63. The number of aryl methyl sites for hydroxylation is 3. The molecule has 0 spiro atoms. The van der Waals surface area contributed by atoms with Gasteiger partial charge in [-0.2, -0.15) is 0 Å². The molecular formula is C19H23N. The van der Waals surface area contributed by atoms with Crippen LogP contribution in [0.3, 0.4) is 0 Å². The topological polar surface area (TPSA) is 12.0 Å². The van der Waals surface area contributed by atoms with Crippen LogP contribution in [0.2, 0.25) is 0 Å². The Hall–Kier alpha value is -1.60. The Kier molecular flexibility index (Phi) is 3.62. The van der Waals surface area contributed by atoms with Gasteiger partial charge in [-0.05, 0) is 66.6 Å². The summed E-state index contributed by atoms with van der Waals surface area (Å²) in [4.78, 5) is 0. The predicted octanol–water partition coefficient (Wildman–Crippen LogP) is 4.57. The van der Waals surface area contributed by atoms with E-state index in [-0.39, 0.29) is 0 Å². The summed E-state index contributed by atoms with van der Waals surface area (Å²) in [7, 11) is 0. The van der Waals surface area contributed by atoms with Crippen molar-refractivity contribution < 1.29 is 0 Å². The molecule has 1 aliphatic rings. The molecule has 1 atom stereocenters. The van der Waals surface area contributed by atoms with Gasteiger partial charge in [-0.25, -0.2) is 0 Å². The molecule has 0 heterocycles. The van der Waals surface area contributed by atoms with Gasteiger partial charge in [0.15, 0.2) is 0 Å². The molecule has 0 bridgehead atoms. The average molecular weight is 265 g/mol. The van der Waals surface area contributed by atoms with Gasteiger partial charge in [-0.15, -0.1) is 0 Å². The van der Waals surface area contributed by atoms with Gasteiger partial charge in [-0.3, -0.25) is 0 Å². The highest BCUT2D eigenvalue weighted by atomic mass is 14.9. The fourth-order valence-corrected chi connectivity index (χ4v) is 3.18. The van der Waals surface area contributed by atoms with Crippen molar-refractivity contribution in [3.63, 3.8) is 0 Å². The maximum absolute atomic E-state index is 3.58. The van der Waals surface area contributed by atoms with Crippen LogP contribution in [0.25, 0.3) is 11.1 Å². The van der Waals surface area contributed by atoms with Crippen molar-refractivity contribution in [3.8, 4) is 11.1 Å². The number of hydrogen-bond acceptors (Lipinski definition) is 1. The second-order valence-electron chi connectivity index (χ2n) is 5.86. The fourth-order valence-electron chi connectivity index (χ4n) is 3.18. The van der Waals surface area contributed by atoms with Crippen molar-refractivity contribution in [1.29, 1.82) is 0 Å². The monoisotopic (exact) mass is 265 g/mol. The Bertz CT molecular complexity index is 628. The zero-order valence-corrected chi connectivity index (χ0v) is 12.7. The average Bonchev–Trinajstić information content (AvgIpc) is 2.85. The van der Waals surface area contributed by atoms with Gasteiger partial charge in [0.25, 0.3) is 0 Å². The van der Waals surface area contributed by atoms with Crippen LogP contribution in [0.1, 0.15) is 41.6 Å². The summed E-state index contributed by atoms with van der Waals surface area (Å²) in [6.45, 7) is 7.58. The molecule has 0 fully saturated rings. The van der Waals surface area contributed by atoms with E-state index in [0.717, 1.165) is 6.54 Å². The second-order valence-corrected chi connectivity index (χ2v) is 5.86. The molecule has 104 valence electrons. The van der Waals surface area contributed by atoms with Crippen LogP contribution in [0.5, 0.6) is 0 Å². The Morgan fingerprint density at radius 2 is 1.75 bits per heavy atom. The summed E-state index contributed by atoms with van der Waals surface area (Å²) >= 11 is 0. The van der Waals surface area contributed by atoms with E-state index < -0.39 is 0 Å². The Morgan fingerprint density at radius 3 is 2.50 bits per heavy atom. The van der Waals surface area contributed by atoms with E-state index in [1.54, 1.807) is 0 Å². The third kappa shape index (κ3) is 2.38.